The van der Waals surface area contributed by atoms with Crippen LogP contribution in [0.5, 0.6) is 23.1 Å². The second kappa shape index (κ2) is 14.5. The lowest BCUT2D eigenvalue weighted by molar-refractivity contribution is -0.122. The quantitative estimate of drug-likeness (QED) is 0.150. The first-order valence-corrected chi connectivity index (χ1v) is 17.6. The van der Waals surface area contributed by atoms with Gasteiger partial charge in [-0.2, -0.15) is 4.98 Å². The van der Waals surface area contributed by atoms with Crippen LogP contribution in [0.3, 0.4) is 0 Å². The van der Waals surface area contributed by atoms with Crippen molar-refractivity contribution < 1.29 is 27.4 Å². The van der Waals surface area contributed by atoms with Crippen LogP contribution in [0.4, 0.5) is 5.82 Å². The van der Waals surface area contributed by atoms with E-state index in [0.29, 0.717) is 5.75 Å². The van der Waals surface area contributed by atoms with Crippen molar-refractivity contribution in [2.75, 3.05) is 18.4 Å². The molecule has 0 spiro atoms. The fraction of sp³-hybridized carbons (Fsp3) is 0.270. The minimum atomic E-state index is -4.21. The van der Waals surface area contributed by atoms with Crippen LogP contribution in [0, 0.1) is 0 Å². The van der Waals surface area contributed by atoms with Gasteiger partial charge in [0.1, 0.15) is 0 Å². The summed E-state index contributed by atoms with van der Waals surface area (Å²) in [4.78, 5) is 30.6. The maximum absolute atomic E-state index is 13.8. The molecule has 6 rings (SSSR count). The number of fused-ring (bicyclic) bond motifs is 1. The van der Waals surface area contributed by atoms with Gasteiger partial charge < -0.3 is 19.5 Å². The third-order valence-corrected chi connectivity index (χ3v) is 9.53. The number of nitrogens with zero attached hydrogens (tertiary/aromatic N) is 4. The van der Waals surface area contributed by atoms with Crippen molar-refractivity contribution >= 4 is 21.7 Å². The Bertz CT molecular complexity index is 2090. The summed E-state index contributed by atoms with van der Waals surface area (Å²) < 4.78 is 48.1. The van der Waals surface area contributed by atoms with E-state index in [2.05, 4.69) is 36.0 Å². The summed E-state index contributed by atoms with van der Waals surface area (Å²) in [7, 11) is -2.72. The van der Waals surface area contributed by atoms with Gasteiger partial charge in [-0.3, -0.25) is 9.52 Å². The van der Waals surface area contributed by atoms with E-state index in [1.807, 2.05) is 39.0 Å². The van der Waals surface area contributed by atoms with Crippen molar-refractivity contribution in [1.82, 2.24) is 25.3 Å². The first-order chi connectivity index (χ1) is 24.0. The van der Waals surface area contributed by atoms with Gasteiger partial charge >= 0.3 is 0 Å². The predicted molar refractivity (Wildman–Crippen MR) is 188 cm³/mol. The number of nitrogens with one attached hydrogen (secondary N) is 2. The van der Waals surface area contributed by atoms with Gasteiger partial charge in [0.25, 0.3) is 15.9 Å². The molecular formula is C37H38N6O6S. The molecular weight excluding hydrogens is 657 g/mol. The summed E-state index contributed by atoms with van der Waals surface area (Å²) in [6.07, 6.45) is 4.73. The number of carbonyl (C=O) groups excluding carboxylic acids is 1. The Balaban J connectivity index is 1.34. The van der Waals surface area contributed by atoms with Crippen LogP contribution >= 0.6 is 0 Å². The van der Waals surface area contributed by atoms with E-state index < -0.39 is 10.0 Å². The van der Waals surface area contributed by atoms with Crippen molar-refractivity contribution in [3.63, 3.8) is 0 Å². The normalized spacial score (nSPS) is 14.0. The van der Waals surface area contributed by atoms with Crippen LogP contribution < -0.4 is 24.2 Å². The second-order valence-corrected chi connectivity index (χ2v) is 14.4. The number of ether oxygens (including phenoxy) is 3. The molecule has 1 aliphatic rings. The molecule has 1 amide bonds. The average molecular weight is 695 g/mol. The molecule has 2 heterocycles. The van der Waals surface area contributed by atoms with E-state index in [9.17, 15) is 13.2 Å². The van der Waals surface area contributed by atoms with E-state index in [1.54, 1.807) is 42.5 Å². The highest BCUT2D eigenvalue weighted by Crippen LogP contribution is 2.41. The van der Waals surface area contributed by atoms with E-state index in [-0.39, 0.29) is 70.1 Å². The SMILES string of the molecule is COc1ccccc1Oc1c(NS(=O)(=O)c2ccc(C(C)(C)C)cc2)nc(-c2ncccn2)nc1OCCC(=O)NC1CCc2ccccc21. The van der Waals surface area contributed by atoms with E-state index in [4.69, 9.17) is 14.2 Å². The number of hydrogen-bond donors (Lipinski definition) is 2. The van der Waals surface area contributed by atoms with Gasteiger partial charge in [0.05, 0.1) is 31.1 Å². The predicted octanol–water partition coefficient (Wildman–Crippen LogP) is 6.41. The van der Waals surface area contributed by atoms with Gasteiger partial charge in [-0.05, 0) is 65.3 Å². The summed E-state index contributed by atoms with van der Waals surface area (Å²) in [6.45, 7) is 6.03. The zero-order valence-electron chi connectivity index (χ0n) is 28.2. The molecule has 1 unspecified atom stereocenters. The van der Waals surface area contributed by atoms with Gasteiger partial charge in [-0.15, -0.1) is 0 Å². The molecule has 0 fully saturated rings. The zero-order chi connectivity index (χ0) is 35.3. The second-order valence-electron chi connectivity index (χ2n) is 12.7. The largest absolute Gasteiger partial charge is 0.493 e. The van der Waals surface area contributed by atoms with Crippen LogP contribution in [0.15, 0.2) is 96.2 Å². The minimum Gasteiger partial charge on any atom is -0.493 e. The Labute approximate surface area is 291 Å². The number of aromatic nitrogens is 4. The summed E-state index contributed by atoms with van der Waals surface area (Å²) in [5.41, 5.74) is 3.14. The summed E-state index contributed by atoms with van der Waals surface area (Å²) >= 11 is 0. The van der Waals surface area contributed by atoms with Gasteiger partial charge in [-0.1, -0.05) is 69.3 Å². The number of sulfonamides is 1. The van der Waals surface area contributed by atoms with Crippen molar-refractivity contribution in [3.05, 3.63) is 108 Å². The number of anilines is 1. The highest BCUT2D eigenvalue weighted by Gasteiger charge is 2.27. The molecule has 2 aromatic heterocycles. The number of aryl methyl sites for hydroxylation is 1. The van der Waals surface area contributed by atoms with Crippen molar-refractivity contribution in [3.8, 4) is 34.8 Å². The Kier molecular flexibility index (Phi) is 9.95. The molecule has 0 aliphatic heterocycles. The number of amides is 1. The average Bonchev–Trinajstić information content (AvgIpc) is 3.52. The van der Waals surface area contributed by atoms with E-state index in [1.165, 1.54) is 37.2 Å². The first kappa shape index (κ1) is 34.3. The third kappa shape index (κ3) is 7.84. The molecule has 1 aliphatic carbocycles. The van der Waals surface area contributed by atoms with Crippen LogP contribution in [0.25, 0.3) is 11.6 Å². The fourth-order valence-corrected chi connectivity index (χ4v) is 6.56. The molecule has 0 saturated heterocycles. The molecule has 0 bridgehead atoms. The number of methoxy groups -OCH3 is 1. The molecule has 3 aromatic carbocycles. The summed E-state index contributed by atoms with van der Waals surface area (Å²) in [6, 6.07) is 23.1. The monoisotopic (exact) mass is 694 g/mol. The molecule has 5 aromatic rings. The molecule has 258 valence electrons. The van der Waals surface area contributed by atoms with Crippen LogP contribution in [0.1, 0.15) is 56.3 Å². The van der Waals surface area contributed by atoms with Crippen molar-refractivity contribution in [2.45, 2.75) is 56.4 Å². The fourth-order valence-electron chi connectivity index (χ4n) is 5.55. The number of carbonyl (C=O) groups is 1. The number of benzene rings is 3. The van der Waals surface area contributed by atoms with Gasteiger partial charge in [0.15, 0.2) is 23.1 Å². The lowest BCUT2D eigenvalue weighted by Gasteiger charge is -2.20. The molecule has 12 nitrogen and oxygen atoms in total. The molecule has 0 radical (unpaired) electrons. The molecule has 2 N–H and O–H groups in total. The number of rotatable bonds is 12. The highest BCUT2D eigenvalue weighted by atomic mass is 32.2. The van der Waals surface area contributed by atoms with Gasteiger partial charge in [0.2, 0.25) is 17.5 Å². The Morgan fingerprint density at radius 1 is 0.880 bits per heavy atom. The Morgan fingerprint density at radius 3 is 2.30 bits per heavy atom. The molecule has 50 heavy (non-hydrogen) atoms. The van der Waals surface area contributed by atoms with Gasteiger partial charge in [0, 0.05) is 12.4 Å². The smallest absolute Gasteiger partial charge is 0.263 e. The maximum atomic E-state index is 13.8. The first-order valence-electron chi connectivity index (χ1n) is 16.2. The standard InChI is InChI=1S/C37H38N6O6S/c1-37(2,3)25-15-17-26(18-16-25)50(45,46)43-33-32(49-30-13-8-7-12-29(30)47-4)36(42-35(41-33)34-38-21-9-22-39-34)48-23-20-31(44)40-28-19-14-24-10-5-6-11-27(24)28/h5-13,15-18,21-22,28H,14,19-20,23H2,1-4H3,(H,40,44)(H,41,42,43). The summed E-state index contributed by atoms with van der Waals surface area (Å²) in [5.74, 6) is 0.00269. The molecule has 0 saturated carbocycles. The lowest BCUT2D eigenvalue weighted by Crippen LogP contribution is -2.28. The number of hydrogen-bond acceptors (Lipinski definition) is 10. The van der Waals surface area contributed by atoms with E-state index >= 15 is 0 Å². The maximum Gasteiger partial charge on any atom is 0.263 e. The minimum absolute atomic E-state index is 0.00484. The van der Waals surface area contributed by atoms with Crippen molar-refractivity contribution in [1.29, 1.82) is 0 Å². The third-order valence-electron chi connectivity index (χ3n) is 8.18. The topological polar surface area (TPSA) is 155 Å². The summed E-state index contributed by atoms with van der Waals surface area (Å²) in [5, 5.41) is 3.09. The lowest BCUT2D eigenvalue weighted by atomic mass is 9.87. The van der Waals surface area contributed by atoms with Crippen LogP contribution in [-0.2, 0) is 26.7 Å². The Morgan fingerprint density at radius 2 is 1.58 bits per heavy atom. The zero-order valence-corrected chi connectivity index (χ0v) is 29.0. The van der Waals surface area contributed by atoms with E-state index in [0.717, 1.165) is 24.0 Å². The van der Waals surface area contributed by atoms with Crippen molar-refractivity contribution in [2.24, 2.45) is 0 Å². The van der Waals surface area contributed by atoms with Crippen LogP contribution in [0.2, 0.25) is 0 Å². The van der Waals surface area contributed by atoms with Gasteiger partial charge in [-0.25, -0.2) is 23.4 Å². The highest BCUT2D eigenvalue weighted by molar-refractivity contribution is 7.92. The molecule has 13 heteroatoms. The molecule has 1 atom stereocenters. The Hall–Kier alpha value is -5.56. The number of para-hydroxylation sites is 2. The van der Waals surface area contributed by atoms with Crippen LogP contribution in [-0.4, -0.2) is 48.0 Å².